The molecule has 0 saturated carbocycles. The van der Waals surface area contributed by atoms with E-state index in [1.807, 2.05) is 114 Å². The molecule has 0 N–H and O–H groups in total. The second-order valence-corrected chi connectivity index (χ2v) is 13.8. The average molecular weight is 685 g/mol. The van der Waals surface area contributed by atoms with Crippen molar-refractivity contribution in [2.45, 2.75) is 0 Å². The van der Waals surface area contributed by atoms with Gasteiger partial charge in [-0.05, 0) is 65.2 Å². The van der Waals surface area contributed by atoms with Gasteiger partial charge in [0.1, 0.15) is 5.52 Å². The van der Waals surface area contributed by atoms with Gasteiger partial charge in [-0.2, -0.15) is 0 Å². The molecule has 5 nitrogen and oxygen atoms in total. The number of nitrogens with zero attached hydrogens (tertiary/aromatic N) is 4. The molecule has 0 radical (unpaired) electrons. The van der Waals surface area contributed by atoms with Crippen molar-refractivity contribution in [1.29, 1.82) is 0 Å². The Hall–Kier alpha value is -6.76. The molecule has 0 unspecified atom stereocenters. The lowest BCUT2D eigenvalue weighted by Crippen LogP contribution is -2.00. The van der Waals surface area contributed by atoms with E-state index in [0.717, 1.165) is 55.6 Å². The molecule has 244 valence electrons. The number of para-hydroxylation sites is 1. The van der Waals surface area contributed by atoms with Gasteiger partial charge in [-0.15, -0.1) is 11.3 Å². The largest absolute Gasteiger partial charge is 0.436 e. The lowest BCUT2D eigenvalue weighted by molar-refractivity contribution is 0.620. The summed E-state index contributed by atoms with van der Waals surface area (Å²) in [5.74, 6) is 2.56. The van der Waals surface area contributed by atoms with Crippen LogP contribution in [0.15, 0.2) is 174 Å². The van der Waals surface area contributed by atoms with Crippen LogP contribution in [0.25, 0.3) is 99.1 Å². The van der Waals surface area contributed by atoms with E-state index in [0.29, 0.717) is 23.4 Å². The number of hydrogen-bond acceptors (Lipinski definition) is 6. The quantitative estimate of drug-likeness (QED) is 0.174. The van der Waals surface area contributed by atoms with Crippen LogP contribution in [-0.4, -0.2) is 19.9 Å². The van der Waals surface area contributed by atoms with Gasteiger partial charge >= 0.3 is 0 Å². The molecule has 0 aliphatic rings. The third-order valence-corrected chi connectivity index (χ3v) is 10.5. The Morgan fingerprint density at radius 3 is 1.52 bits per heavy atom. The van der Waals surface area contributed by atoms with Gasteiger partial charge in [0.15, 0.2) is 23.1 Å². The van der Waals surface area contributed by atoms with Crippen LogP contribution in [0.2, 0.25) is 0 Å². The molecule has 0 amide bonds. The maximum Gasteiger partial charge on any atom is 0.227 e. The molecule has 3 aromatic heterocycles. The highest BCUT2D eigenvalue weighted by molar-refractivity contribution is 7.25. The fourth-order valence-corrected chi connectivity index (χ4v) is 7.85. The van der Waals surface area contributed by atoms with E-state index >= 15 is 0 Å². The first-order valence-electron chi connectivity index (χ1n) is 17.1. The van der Waals surface area contributed by atoms with Crippen molar-refractivity contribution in [2.75, 3.05) is 0 Å². The molecule has 0 spiro atoms. The first-order chi connectivity index (χ1) is 25.7. The fraction of sp³-hybridized carbons (Fsp3) is 0. The maximum absolute atomic E-state index is 6.20. The van der Waals surface area contributed by atoms with Crippen molar-refractivity contribution in [3.05, 3.63) is 170 Å². The fourth-order valence-electron chi connectivity index (χ4n) is 6.79. The molecule has 0 aliphatic heterocycles. The summed E-state index contributed by atoms with van der Waals surface area (Å²) in [6, 6.07) is 58.3. The monoisotopic (exact) mass is 684 g/mol. The summed E-state index contributed by atoms with van der Waals surface area (Å²) >= 11 is 1.81. The number of hydrogen-bond donors (Lipinski definition) is 0. The van der Waals surface area contributed by atoms with E-state index in [1.54, 1.807) is 0 Å². The lowest BCUT2D eigenvalue weighted by Gasteiger charge is -2.10. The molecule has 10 aromatic rings. The van der Waals surface area contributed by atoms with Gasteiger partial charge in [-0.1, -0.05) is 121 Å². The average Bonchev–Trinajstić information content (AvgIpc) is 3.83. The summed E-state index contributed by atoms with van der Waals surface area (Å²) in [5.41, 5.74) is 9.82. The van der Waals surface area contributed by atoms with E-state index in [1.165, 1.54) is 20.2 Å². The summed E-state index contributed by atoms with van der Waals surface area (Å²) in [6.45, 7) is 0. The summed E-state index contributed by atoms with van der Waals surface area (Å²) in [6.07, 6.45) is 0. The van der Waals surface area contributed by atoms with Crippen molar-refractivity contribution in [2.24, 2.45) is 0 Å². The summed E-state index contributed by atoms with van der Waals surface area (Å²) in [7, 11) is 0. The standard InChI is InChI=1S/C46H28N4OS/c1-4-12-29(13-5-1)43-48-44(30-14-6-2-7-15-30)50-45(49-43)35-19-10-18-32(26-35)33-22-24-40-37(27-33)38-28-34(23-25-41(38)52-40)36-20-11-21-39-42(36)47-46(51-39)31-16-8-3-9-17-31/h1-28H. The van der Waals surface area contributed by atoms with Gasteiger partial charge in [0, 0.05) is 48.0 Å². The highest BCUT2D eigenvalue weighted by Crippen LogP contribution is 2.40. The molecule has 0 aliphatic carbocycles. The van der Waals surface area contributed by atoms with Crippen LogP contribution in [0.5, 0.6) is 0 Å². The maximum atomic E-state index is 6.20. The van der Waals surface area contributed by atoms with Gasteiger partial charge in [-0.25, -0.2) is 19.9 Å². The third kappa shape index (κ3) is 5.43. The summed E-state index contributed by atoms with van der Waals surface area (Å²) in [4.78, 5) is 19.7. The normalized spacial score (nSPS) is 11.5. The Morgan fingerprint density at radius 2 is 0.865 bits per heavy atom. The smallest absolute Gasteiger partial charge is 0.227 e. The summed E-state index contributed by atoms with van der Waals surface area (Å²) < 4.78 is 8.69. The van der Waals surface area contributed by atoms with E-state index in [4.69, 9.17) is 24.4 Å². The van der Waals surface area contributed by atoms with Crippen LogP contribution >= 0.6 is 11.3 Å². The van der Waals surface area contributed by atoms with Gasteiger partial charge in [-0.3, -0.25) is 0 Å². The minimum atomic E-state index is 0.627. The van der Waals surface area contributed by atoms with Gasteiger partial charge in [0.2, 0.25) is 5.89 Å². The van der Waals surface area contributed by atoms with Gasteiger partial charge in [0.05, 0.1) is 0 Å². The molecular formula is C46H28N4OS. The van der Waals surface area contributed by atoms with Crippen molar-refractivity contribution in [1.82, 2.24) is 19.9 Å². The Balaban J connectivity index is 1.06. The minimum Gasteiger partial charge on any atom is -0.436 e. The minimum absolute atomic E-state index is 0.627. The Kier molecular flexibility index (Phi) is 7.25. The molecule has 6 heteroatoms. The molecular weight excluding hydrogens is 657 g/mol. The highest BCUT2D eigenvalue weighted by Gasteiger charge is 2.16. The Bertz CT molecular complexity index is 2840. The number of aromatic nitrogens is 4. The number of rotatable bonds is 6. The highest BCUT2D eigenvalue weighted by atomic mass is 32.1. The number of benzene rings is 7. The van der Waals surface area contributed by atoms with Crippen LogP contribution < -0.4 is 0 Å². The first kappa shape index (κ1) is 30.1. The zero-order valence-corrected chi connectivity index (χ0v) is 28.6. The molecule has 7 aromatic carbocycles. The molecule has 0 atom stereocenters. The zero-order chi connectivity index (χ0) is 34.4. The predicted octanol–water partition coefficient (Wildman–Crippen LogP) is 12.4. The second kappa shape index (κ2) is 12.5. The van der Waals surface area contributed by atoms with Gasteiger partial charge in [0.25, 0.3) is 0 Å². The van der Waals surface area contributed by atoms with Crippen LogP contribution in [0.3, 0.4) is 0 Å². The third-order valence-electron chi connectivity index (χ3n) is 9.37. The van der Waals surface area contributed by atoms with Crippen LogP contribution in [0.4, 0.5) is 0 Å². The molecule has 0 saturated heterocycles. The van der Waals surface area contributed by atoms with Crippen molar-refractivity contribution in [3.63, 3.8) is 0 Å². The van der Waals surface area contributed by atoms with Crippen LogP contribution in [-0.2, 0) is 0 Å². The van der Waals surface area contributed by atoms with Crippen LogP contribution in [0, 0.1) is 0 Å². The van der Waals surface area contributed by atoms with E-state index < -0.39 is 0 Å². The lowest BCUT2D eigenvalue weighted by atomic mass is 9.99. The second-order valence-electron chi connectivity index (χ2n) is 12.7. The van der Waals surface area contributed by atoms with E-state index in [9.17, 15) is 0 Å². The summed E-state index contributed by atoms with van der Waals surface area (Å²) in [5, 5.41) is 2.44. The van der Waals surface area contributed by atoms with Crippen LogP contribution in [0.1, 0.15) is 0 Å². The number of fused-ring (bicyclic) bond motifs is 4. The van der Waals surface area contributed by atoms with Gasteiger partial charge < -0.3 is 4.42 Å². The molecule has 0 bridgehead atoms. The topological polar surface area (TPSA) is 64.7 Å². The molecule has 0 fully saturated rings. The molecule has 52 heavy (non-hydrogen) atoms. The SMILES string of the molecule is c1ccc(-c2nc(-c3ccccc3)nc(-c3cccc(-c4ccc5sc6ccc(-c7cccc8oc(-c9ccccc9)nc78)cc6c5c4)c3)n2)cc1. The predicted molar refractivity (Wildman–Crippen MR) is 213 cm³/mol. The Morgan fingerprint density at radius 1 is 0.365 bits per heavy atom. The Labute approximate surface area is 303 Å². The van der Waals surface area contributed by atoms with Crippen molar-refractivity contribution in [3.8, 4) is 67.9 Å². The van der Waals surface area contributed by atoms with Crippen molar-refractivity contribution < 1.29 is 4.42 Å². The zero-order valence-electron chi connectivity index (χ0n) is 27.8. The van der Waals surface area contributed by atoms with E-state index in [2.05, 4.69) is 66.7 Å². The number of thiophene rings is 1. The first-order valence-corrected chi connectivity index (χ1v) is 17.9. The van der Waals surface area contributed by atoms with Crippen molar-refractivity contribution >= 4 is 42.6 Å². The molecule has 3 heterocycles. The molecule has 10 rings (SSSR count). The number of oxazole rings is 1. The van der Waals surface area contributed by atoms with E-state index in [-0.39, 0.29) is 0 Å².